The fourth-order valence-corrected chi connectivity index (χ4v) is 0.205. The van der Waals surface area contributed by atoms with Gasteiger partial charge in [0.25, 0.3) is 0 Å². The third kappa shape index (κ3) is 10.3. The van der Waals surface area contributed by atoms with Crippen molar-refractivity contribution in [3.8, 4) is 0 Å². The van der Waals surface area contributed by atoms with Crippen LogP contribution >= 0.6 is 24.8 Å². The molecule has 54 valence electrons. The van der Waals surface area contributed by atoms with E-state index < -0.39 is 0 Å². The number of thiocarbonyl (C=S) groups is 1. The molecule has 1 heterocycles. The lowest BCUT2D eigenvalue weighted by Crippen LogP contribution is -1.94. The summed E-state index contributed by atoms with van der Waals surface area (Å²) in [5, 5.41) is 10.1. The molecule has 1 aromatic rings. The summed E-state index contributed by atoms with van der Waals surface area (Å²) in [6.07, 6.45) is 3.15. The zero-order chi connectivity index (χ0) is 7.82. The minimum atomic E-state index is 0.194. The van der Waals surface area contributed by atoms with Gasteiger partial charge in [-0.1, -0.05) is 12.2 Å². The Kier molecular flexibility index (Phi) is 5.89. The molecule has 0 saturated heterocycles. The number of aromatic nitrogens is 3. The van der Waals surface area contributed by atoms with Crippen molar-refractivity contribution < 1.29 is 0 Å². The molecule has 0 bridgehead atoms. The van der Waals surface area contributed by atoms with E-state index >= 15 is 0 Å². The molecule has 0 radical (unpaired) electrons. The van der Waals surface area contributed by atoms with Gasteiger partial charge < -0.3 is 5.73 Å². The van der Waals surface area contributed by atoms with E-state index in [1.54, 1.807) is 18.5 Å². The van der Waals surface area contributed by atoms with E-state index in [0.29, 0.717) is 0 Å². The first kappa shape index (κ1) is 9.25. The normalized spacial score (nSPS) is 7.30. The Balaban J connectivity index is 0.000000180. The van der Waals surface area contributed by atoms with Crippen LogP contribution in [0.3, 0.4) is 0 Å². The zero-order valence-electron chi connectivity index (χ0n) is 5.01. The number of nitrogens with two attached hydrogens (primary N) is 1. The van der Waals surface area contributed by atoms with E-state index in [0.717, 1.165) is 0 Å². The molecule has 1 aromatic heterocycles. The second-order valence-corrected chi connectivity index (χ2v) is 2.37. The highest BCUT2D eigenvalue weighted by Crippen LogP contribution is 1.63. The first-order valence-corrected chi connectivity index (χ1v) is 3.15. The Morgan fingerprint density at radius 3 is 1.90 bits per heavy atom. The van der Waals surface area contributed by atoms with Crippen LogP contribution in [0.25, 0.3) is 0 Å². The maximum absolute atomic E-state index is 4.71. The zero-order valence-corrected chi connectivity index (χ0v) is 6.72. The molecule has 6 heteroatoms. The Hall–Kier alpha value is -0.750. The van der Waals surface area contributed by atoms with Gasteiger partial charge in [-0.3, -0.25) is 0 Å². The van der Waals surface area contributed by atoms with Gasteiger partial charge in [0.15, 0.2) is 0 Å². The van der Waals surface area contributed by atoms with Gasteiger partial charge in [-0.05, 0) is 11.3 Å². The molecule has 0 aliphatic carbocycles. The summed E-state index contributed by atoms with van der Waals surface area (Å²) < 4.78 is 0.194. The predicted octanol–water partition coefficient (Wildman–Crippen LogP) is 0.0314. The average Bonchev–Trinajstić information content (AvgIpc) is 1.90. The molecule has 0 amide bonds. The van der Waals surface area contributed by atoms with E-state index in [2.05, 4.69) is 40.3 Å². The lowest BCUT2D eigenvalue weighted by atomic mass is 10.7. The van der Waals surface area contributed by atoms with E-state index in [-0.39, 0.29) is 4.32 Å². The molecule has 0 spiro atoms. The van der Waals surface area contributed by atoms with Crippen molar-refractivity contribution >= 4 is 29.2 Å². The maximum atomic E-state index is 4.71. The molecular weight excluding hydrogens is 168 g/mol. The smallest absolute Gasteiger partial charge is 0.128 e. The Labute approximate surface area is 69.3 Å². The molecule has 0 unspecified atom stereocenters. The SMILES string of the molecule is NC(=S)S.c1cnnnc1. The predicted molar refractivity (Wildman–Crippen MR) is 45.6 cm³/mol. The summed E-state index contributed by atoms with van der Waals surface area (Å²) in [6, 6.07) is 1.72. The van der Waals surface area contributed by atoms with Gasteiger partial charge in [0.2, 0.25) is 0 Å². The van der Waals surface area contributed by atoms with Crippen molar-refractivity contribution in [1.82, 2.24) is 15.4 Å². The fraction of sp³-hybridized carbons (Fsp3) is 0. The third-order valence-corrected chi connectivity index (χ3v) is 0.409. The minimum absolute atomic E-state index is 0.194. The molecule has 1 rings (SSSR count). The van der Waals surface area contributed by atoms with Gasteiger partial charge in [0.1, 0.15) is 4.32 Å². The van der Waals surface area contributed by atoms with Crippen LogP contribution in [0.1, 0.15) is 0 Å². The number of rotatable bonds is 0. The first-order chi connectivity index (χ1) is 4.73. The molecular formula is C4H6N4S2. The molecule has 4 nitrogen and oxygen atoms in total. The van der Waals surface area contributed by atoms with E-state index in [1.807, 2.05) is 0 Å². The summed E-state index contributed by atoms with van der Waals surface area (Å²) in [5.41, 5.74) is 4.71. The number of nitrogens with zero attached hydrogens (tertiary/aromatic N) is 3. The van der Waals surface area contributed by atoms with Crippen molar-refractivity contribution in [2.24, 2.45) is 5.73 Å². The van der Waals surface area contributed by atoms with Crippen LogP contribution in [0.4, 0.5) is 0 Å². The second kappa shape index (κ2) is 6.37. The lowest BCUT2D eigenvalue weighted by Gasteiger charge is -1.68. The Morgan fingerprint density at radius 2 is 1.80 bits per heavy atom. The quantitative estimate of drug-likeness (QED) is 0.429. The van der Waals surface area contributed by atoms with Crippen molar-refractivity contribution in [1.29, 1.82) is 0 Å². The van der Waals surface area contributed by atoms with Crippen molar-refractivity contribution in [2.45, 2.75) is 0 Å². The van der Waals surface area contributed by atoms with Gasteiger partial charge in [0, 0.05) is 0 Å². The fourth-order valence-electron chi connectivity index (χ4n) is 0.205. The van der Waals surface area contributed by atoms with Crippen LogP contribution in [-0.2, 0) is 0 Å². The van der Waals surface area contributed by atoms with Gasteiger partial charge in [-0.15, -0.1) is 22.8 Å². The highest BCUT2D eigenvalue weighted by atomic mass is 32.1. The summed E-state index contributed by atoms with van der Waals surface area (Å²) in [7, 11) is 0. The molecule has 0 aliphatic heterocycles. The third-order valence-electron chi connectivity index (χ3n) is 0.409. The van der Waals surface area contributed by atoms with Gasteiger partial charge in [0.05, 0.1) is 12.4 Å². The van der Waals surface area contributed by atoms with Crippen LogP contribution in [0.5, 0.6) is 0 Å². The van der Waals surface area contributed by atoms with Crippen molar-refractivity contribution in [3.63, 3.8) is 0 Å². The Bertz CT molecular complexity index is 147. The van der Waals surface area contributed by atoms with Gasteiger partial charge in [-0.25, -0.2) is 0 Å². The molecule has 0 saturated carbocycles. The summed E-state index contributed by atoms with van der Waals surface area (Å²) in [6.45, 7) is 0. The monoisotopic (exact) mass is 174 g/mol. The summed E-state index contributed by atoms with van der Waals surface area (Å²) in [4.78, 5) is 0. The van der Waals surface area contributed by atoms with E-state index in [1.165, 1.54) is 0 Å². The second-order valence-electron chi connectivity index (χ2n) is 1.15. The highest BCUT2D eigenvalue weighted by Gasteiger charge is 1.60. The topological polar surface area (TPSA) is 64.7 Å². The van der Waals surface area contributed by atoms with Crippen LogP contribution in [0.15, 0.2) is 18.5 Å². The van der Waals surface area contributed by atoms with Crippen molar-refractivity contribution in [3.05, 3.63) is 18.5 Å². The summed E-state index contributed by atoms with van der Waals surface area (Å²) >= 11 is 7.65. The largest absolute Gasteiger partial charge is 0.385 e. The first-order valence-electron chi connectivity index (χ1n) is 2.30. The van der Waals surface area contributed by atoms with Gasteiger partial charge >= 0.3 is 0 Å². The summed E-state index contributed by atoms with van der Waals surface area (Å²) in [5.74, 6) is 0. The van der Waals surface area contributed by atoms with Crippen LogP contribution < -0.4 is 5.73 Å². The number of hydrogen-bond acceptors (Lipinski definition) is 4. The van der Waals surface area contributed by atoms with Crippen molar-refractivity contribution in [2.75, 3.05) is 0 Å². The number of hydrogen-bond donors (Lipinski definition) is 2. The molecule has 2 N–H and O–H groups in total. The minimum Gasteiger partial charge on any atom is -0.385 e. The molecule has 10 heavy (non-hydrogen) atoms. The number of thiol groups is 1. The van der Waals surface area contributed by atoms with Gasteiger partial charge in [-0.2, -0.15) is 0 Å². The molecule has 0 aliphatic rings. The molecule has 0 atom stereocenters. The lowest BCUT2D eigenvalue weighted by molar-refractivity contribution is 0.865. The highest BCUT2D eigenvalue weighted by molar-refractivity contribution is 8.10. The molecule has 0 aromatic carbocycles. The van der Waals surface area contributed by atoms with Crippen LogP contribution in [-0.4, -0.2) is 19.7 Å². The van der Waals surface area contributed by atoms with E-state index in [9.17, 15) is 0 Å². The maximum Gasteiger partial charge on any atom is 0.128 e. The average molecular weight is 174 g/mol. The van der Waals surface area contributed by atoms with Crippen LogP contribution in [0, 0.1) is 0 Å². The van der Waals surface area contributed by atoms with Crippen LogP contribution in [0.2, 0.25) is 0 Å². The van der Waals surface area contributed by atoms with E-state index in [4.69, 9.17) is 5.73 Å². The Morgan fingerprint density at radius 1 is 1.40 bits per heavy atom. The standard InChI is InChI=1S/C3H3N3.CH3NS2/c1-2-4-6-5-3-1;2-1(3)4/h1-3H;(H3,2,3,4). The molecule has 0 fully saturated rings.